The molecule has 1 saturated carbocycles. The van der Waals surface area contributed by atoms with Gasteiger partial charge in [-0.05, 0) is 67.2 Å². The van der Waals surface area contributed by atoms with Crippen molar-refractivity contribution < 1.29 is 23.2 Å². The predicted octanol–water partition coefficient (Wildman–Crippen LogP) is 4.32. The van der Waals surface area contributed by atoms with E-state index in [0.29, 0.717) is 5.71 Å². The van der Waals surface area contributed by atoms with Gasteiger partial charge in [-0.15, -0.1) is 0 Å². The van der Waals surface area contributed by atoms with Crippen molar-refractivity contribution in [2.75, 3.05) is 6.54 Å². The van der Waals surface area contributed by atoms with Crippen molar-refractivity contribution in [3.05, 3.63) is 33.8 Å². The average molecular weight is 463 g/mol. The van der Waals surface area contributed by atoms with Gasteiger partial charge < -0.3 is 9.66 Å². The second-order valence-corrected chi connectivity index (χ2v) is 10.9. The lowest BCUT2D eigenvalue weighted by Gasteiger charge is -2.24. The molecule has 9 heteroatoms. The molecule has 1 spiro atoms. The molecule has 2 atom stereocenters. The summed E-state index contributed by atoms with van der Waals surface area (Å²) in [6.45, 7) is 5.60. The number of halogens is 3. The number of amides is 1. The molecule has 2 unspecified atom stereocenters. The Morgan fingerprint density at radius 2 is 2.07 bits per heavy atom. The minimum Gasteiger partial charge on any atom is -0.591 e. The molecule has 2 aliphatic rings. The highest BCUT2D eigenvalue weighted by molar-refractivity contribution is 9.10. The molecule has 5 nitrogen and oxygen atoms in total. The van der Waals surface area contributed by atoms with Crippen LogP contribution in [0.4, 0.5) is 13.6 Å². The van der Waals surface area contributed by atoms with Gasteiger partial charge in [-0.3, -0.25) is 4.90 Å². The van der Waals surface area contributed by atoms with E-state index in [1.165, 1.54) is 4.90 Å². The van der Waals surface area contributed by atoms with Crippen LogP contribution in [0.2, 0.25) is 0 Å². The number of rotatable bonds is 3. The summed E-state index contributed by atoms with van der Waals surface area (Å²) in [5, 5.41) is 9.63. The van der Waals surface area contributed by atoms with Gasteiger partial charge in [0.2, 0.25) is 0 Å². The lowest BCUT2D eigenvalue weighted by Crippen LogP contribution is -2.39. The Balaban J connectivity index is 2.03. The Morgan fingerprint density at radius 3 is 2.59 bits per heavy atom. The van der Waals surface area contributed by atoms with E-state index in [4.69, 9.17) is 0 Å². The largest absolute Gasteiger partial charge is 0.591 e. The van der Waals surface area contributed by atoms with Gasteiger partial charge in [0, 0.05) is 18.4 Å². The molecule has 1 aliphatic carbocycles. The number of nitrogens with zero attached hydrogens (tertiary/aromatic N) is 2. The van der Waals surface area contributed by atoms with Crippen LogP contribution < -0.4 is 0 Å². The van der Waals surface area contributed by atoms with Crippen molar-refractivity contribution in [2.45, 2.75) is 50.8 Å². The van der Waals surface area contributed by atoms with Crippen molar-refractivity contribution in [2.24, 2.45) is 9.81 Å². The third-order valence-corrected chi connectivity index (χ3v) is 6.98. The SMILES string of the molecule is CC(C)(C)[S+]([O-])N=C1C(Cc2cc(F)cc(Br)c2F)N(C(=O)O)CC12CC2. The van der Waals surface area contributed by atoms with Crippen molar-refractivity contribution in [1.29, 1.82) is 0 Å². The van der Waals surface area contributed by atoms with Gasteiger partial charge in [-0.1, -0.05) is 4.40 Å². The van der Waals surface area contributed by atoms with E-state index in [1.807, 2.05) is 0 Å². The molecule has 0 radical (unpaired) electrons. The molecule has 27 heavy (non-hydrogen) atoms. The van der Waals surface area contributed by atoms with Gasteiger partial charge in [0.1, 0.15) is 27.7 Å². The Kier molecular flexibility index (Phi) is 5.33. The predicted molar refractivity (Wildman–Crippen MR) is 103 cm³/mol. The summed E-state index contributed by atoms with van der Waals surface area (Å²) in [6, 6.07) is 1.32. The topological polar surface area (TPSA) is 76.0 Å². The molecular weight excluding hydrogens is 442 g/mol. The molecule has 0 aromatic heterocycles. The van der Waals surface area contributed by atoms with E-state index >= 15 is 0 Å². The minimum atomic E-state index is -1.56. The van der Waals surface area contributed by atoms with Crippen LogP contribution in [0, 0.1) is 17.0 Å². The molecule has 3 rings (SSSR count). The summed E-state index contributed by atoms with van der Waals surface area (Å²) in [7, 11) is 0. The molecule has 148 valence electrons. The number of likely N-dealkylation sites (tertiary alicyclic amines) is 1. The number of hydrogen-bond acceptors (Lipinski definition) is 3. The number of hydrogen-bond donors (Lipinski definition) is 1. The van der Waals surface area contributed by atoms with E-state index in [9.17, 15) is 23.2 Å². The lowest BCUT2D eigenvalue weighted by atomic mass is 9.95. The number of benzene rings is 1. The second kappa shape index (κ2) is 7.00. The Labute approximate surface area is 168 Å². The minimum absolute atomic E-state index is 0.0183. The highest BCUT2D eigenvalue weighted by atomic mass is 79.9. The Bertz CT molecular complexity index is 809. The zero-order valence-corrected chi connectivity index (χ0v) is 17.7. The quantitative estimate of drug-likeness (QED) is 0.536. The molecule has 1 heterocycles. The Morgan fingerprint density at radius 1 is 1.44 bits per heavy atom. The van der Waals surface area contributed by atoms with Gasteiger partial charge in [0.05, 0.1) is 16.2 Å². The summed E-state index contributed by atoms with van der Waals surface area (Å²) < 4.78 is 44.6. The third-order valence-electron chi connectivity index (χ3n) is 4.99. The maximum atomic E-state index is 14.5. The number of carboxylic acid groups (broad SMARTS) is 1. The van der Waals surface area contributed by atoms with Crippen molar-refractivity contribution in [3.63, 3.8) is 0 Å². The zero-order chi connectivity index (χ0) is 20.1. The zero-order valence-electron chi connectivity index (χ0n) is 15.3. The molecule has 1 N–H and O–H groups in total. The summed E-state index contributed by atoms with van der Waals surface area (Å²) in [4.78, 5) is 13.0. The van der Waals surface area contributed by atoms with Gasteiger partial charge in [0.25, 0.3) is 0 Å². The van der Waals surface area contributed by atoms with Crippen LogP contribution in [0.3, 0.4) is 0 Å². The summed E-state index contributed by atoms with van der Waals surface area (Å²) >= 11 is 1.42. The van der Waals surface area contributed by atoms with Gasteiger partial charge in [-0.2, -0.15) is 0 Å². The van der Waals surface area contributed by atoms with Crippen LogP contribution in [0.5, 0.6) is 0 Å². The summed E-state index contributed by atoms with van der Waals surface area (Å²) in [5.74, 6) is -1.24. The van der Waals surface area contributed by atoms with Crippen LogP contribution in [-0.4, -0.2) is 43.7 Å². The molecular formula is C18H21BrF2N2O3S. The molecule has 1 aromatic rings. The first-order valence-corrected chi connectivity index (χ1v) is 10.5. The van der Waals surface area contributed by atoms with E-state index in [-0.39, 0.29) is 23.0 Å². The van der Waals surface area contributed by atoms with Crippen LogP contribution in [0.15, 0.2) is 21.0 Å². The molecule has 1 saturated heterocycles. The highest BCUT2D eigenvalue weighted by Gasteiger charge is 2.60. The van der Waals surface area contributed by atoms with Crippen LogP contribution in [0.1, 0.15) is 39.2 Å². The smallest absolute Gasteiger partial charge is 0.407 e. The standard InChI is InChI=1S/C18H21BrF2N2O3S/c1-17(2,3)27(26)22-15-13(23(16(24)25)9-18(15)4-5-18)7-10-6-11(20)8-12(19)14(10)21/h6,8,13H,4-5,7,9H2,1-3H3,(H,24,25). The first-order valence-electron chi connectivity index (χ1n) is 8.59. The fourth-order valence-corrected chi connectivity index (χ4v) is 4.58. The first-order chi connectivity index (χ1) is 12.4. The molecule has 2 fully saturated rings. The molecule has 1 amide bonds. The number of carbonyl (C=O) groups is 1. The maximum Gasteiger partial charge on any atom is 0.407 e. The van der Waals surface area contributed by atoms with E-state index in [1.54, 1.807) is 20.8 Å². The van der Waals surface area contributed by atoms with E-state index in [0.717, 1.165) is 25.0 Å². The van der Waals surface area contributed by atoms with Crippen LogP contribution >= 0.6 is 15.9 Å². The first kappa shape index (κ1) is 20.5. The van der Waals surface area contributed by atoms with Crippen molar-refractivity contribution in [1.82, 2.24) is 4.90 Å². The van der Waals surface area contributed by atoms with E-state index < -0.39 is 45.3 Å². The molecule has 1 aromatic carbocycles. The van der Waals surface area contributed by atoms with Gasteiger partial charge in [0.15, 0.2) is 0 Å². The lowest BCUT2D eigenvalue weighted by molar-refractivity contribution is 0.141. The summed E-state index contributed by atoms with van der Waals surface area (Å²) in [6.07, 6.45) is 0.302. The fourth-order valence-electron chi connectivity index (χ4n) is 3.34. The monoisotopic (exact) mass is 462 g/mol. The third kappa shape index (κ3) is 4.00. The van der Waals surface area contributed by atoms with Crippen LogP contribution in [-0.2, 0) is 17.8 Å². The van der Waals surface area contributed by atoms with Crippen LogP contribution in [0.25, 0.3) is 0 Å². The molecule has 0 bridgehead atoms. The average Bonchev–Trinajstić information content (AvgIpc) is 3.25. The van der Waals surface area contributed by atoms with Crippen molar-refractivity contribution >= 4 is 39.1 Å². The Hall–Kier alpha value is -1.19. The second-order valence-electron chi connectivity index (χ2n) is 8.11. The highest BCUT2D eigenvalue weighted by Crippen LogP contribution is 2.54. The normalized spacial score (nSPS) is 23.9. The van der Waals surface area contributed by atoms with Gasteiger partial charge in [-0.25, -0.2) is 13.6 Å². The fraction of sp³-hybridized carbons (Fsp3) is 0.556. The van der Waals surface area contributed by atoms with Crippen molar-refractivity contribution in [3.8, 4) is 0 Å². The van der Waals surface area contributed by atoms with E-state index in [2.05, 4.69) is 20.3 Å². The molecule has 1 aliphatic heterocycles. The summed E-state index contributed by atoms with van der Waals surface area (Å²) in [5.41, 5.74) is 0.161. The maximum absolute atomic E-state index is 14.5. The van der Waals surface area contributed by atoms with Gasteiger partial charge >= 0.3 is 6.09 Å².